The standard InChI is InChI=1S/C16H17F3N2O5S/c1-6-11(13(20)23)8(7(2)22)4-9(12(6)26-3)15(14(24)25)21-10(5-27-15)16(17,18)19/h4,10,21H,5H2,1-3H3,(H2,20,23)(H,24,25). The Balaban J connectivity index is 2.80. The average molecular weight is 406 g/mol. The molecule has 2 atom stereocenters. The molecule has 1 heterocycles. The van der Waals surface area contributed by atoms with E-state index in [1.165, 1.54) is 14.0 Å². The van der Waals surface area contributed by atoms with Gasteiger partial charge in [0, 0.05) is 22.4 Å². The van der Waals surface area contributed by atoms with Crippen LogP contribution in [0.1, 0.15) is 38.8 Å². The summed E-state index contributed by atoms with van der Waals surface area (Å²) in [6, 6.07) is -1.01. The Kier molecular flexibility index (Phi) is 5.48. The van der Waals surface area contributed by atoms with E-state index in [4.69, 9.17) is 10.5 Å². The summed E-state index contributed by atoms with van der Waals surface area (Å²) in [7, 11) is 1.18. The van der Waals surface area contributed by atoms with Crippen molar-refractivity contribution in [1.29, 1.82) is 0 Å². The lowest BCUT2D eigenvalue weighted by molar-refractivity contribution is -0.156. The molecule has 1 saturated heterocycles. The second-order valence-electron chi connectivity index (χ2n) is 5.96. The number of rotatable bonds is 5. The molecule has 1 aliphatic heterocycles. The molecule has 1 amide bonds. The Morgan fingerprint density at radius 3 is 2.37 bits per heavy atom. The van der Waals surface area contributed by atoms with Crippen molar-refractivity contribution < 1.29 is 37.4 Å². The van der Waals surface area contributed by atoms with E-state index in [0.717, 1.165) is 13.0 Å². The maximum Gasteiger partial charge on any atom is 0.404 e. The summed E-state index contributed by atoms with van der Waals surface area (Å²) in [5.41, 5.74) is 4.85. The van der Waals surface area contributed by atoms with Gasteiger partial charge >= 0.3 is 12.1 Å². The molecule has 0 aromatic heterocycles. The Morgan fingerprint density at radius 2 is 2.00 bits per heavy atom. The van der Waals surface area contributed by atoms with Crippen LogP contribution in [0.25, 0.3) is 0 Å². The van der Waals surface area contributed by atoms with Crippen LogP contribution in [0.4, 0.5) is 13.2 Å². The van der Waals surface area contributed by atoms with Crippen molar-refractivity contribution in [1.82, 2.24) is 5.32 Å². The molecule has 7 nitrogen and oxygen atoms in total. The number of carboxylic acids is 1. The zero-order valence-corrected chi connectivity index (χ0v) is 15.4. The highest BCUT2D eigenvalue weighted by atomic mass is 32.2. The van der Waals surface area contributed by atoms with Gasteiger partial charge in [0.05, 0.1) is 12.7 Å². The molecule has 11 heteroatoms. The minimum Gasteiger partial charge on any atom is -0.496 e. The number of hydrogen-bond donors (Lipinski definition) is 3. The minimum atomic E-state index is -4.66. The first-order valence-electron chi connectivity index (χ1n) is 7.61. The maximum atomic E-state index is 13.1. The molecule has 27 heavy (non-hydrogen) atoms. The lowest BCUT2D eigenvalue weighted by atomic mass is 9.91. The molecule has 148 valence electrons. The first-order chi connectivity index (χ1) is 12.4. The molecule has 0 bridgehead atoms. The molecule has 1 aromatic carbocycles. The highest BCUT2D eigenvalue weighted by Gasteiger charge is 2.56. The van der Waals surface area contributed by atoms with Crippen LogP contribution in [0.2, 0.25) is 0 Å². The second kappa shape index (κ2) is 7.04. The molecule has 0 spiro atoms. The van der Waals surface area contributed by atoms with Crippen LogP contribution < -0.4 is 15.8 Å². The summed E-state index contributed by atoms with van der Waals surface area (Å²) in [4.78, 5) is 33.5. The van der Waals surface area contributed by atoms with Gasteiger partial charge in [0.15, 0.2) is 10.7 Å². The highest BCUT2D eigenvalue weighted by molar-refractivity contribution is 8.01. The molecular formula is C16H17F3N2O5S. The number of primary amides is 1. The van der Waals surface area contributed by atoms with Crippen molar-refractivity contribution in [2.24, 2.45) is 5.73 Å². The van der Waals surface area contributed by atoms with Crippen LogP contribution in [-0.4, -0.2) is 47.8 Å². The normalized spacial score (nSPS) is 22.5. The number of carboxylic acid groups (broad SMARTS) is 1. The van der Waals surface area contributed by atoms with Gasteiger partial charge < -0.3 is 15.6 Å². The lowest BCUT2D eigenvalue weighted by Gasteiger charge is -2.29. The van der Waals surface area contributed by atoms with Gasteiger partial charge in [0.25, 0.3) is 0 Å². The third-order valence-corrected chi connectivity index (χ3v) is 5.71. The highest BCUT2D eigenvalue weighted by Crippen LogP contribution is 2.48. The van der Waals surface area contributed by atoms with Crippen molar-refractivity contribution >= 4 is 29.4 Å². The molecule has 2 unspecified atom stereocenters. The van der Waals surface area contributed by atoms with Crippen molar-refractivity contribution in [3.05, 3.63) is 28.3 Å². The van der Waals surface area contributed by atoms with Crippen molar-refractivity contribution in [2.75, 3.05) is 12.9 Å². The smallest absolute Gasteiger partial charge is 0.404 e. The molecule has 0 aliphatic carbocycles. The molecular weight excluding hydrogens is 389 g/mol. The summed E-state index contributed by atoms with van der Waals surface area (Å²) >= 11 is 0.521. The van der Waals surface area contributed by atoms with Crippen LogP contribution in [0.3, 0.4) is 0 Å². The van der Waals surface area contributed by atoms with E-state index in [0.29, 0.717) is 11.8 Å². The summed E-state index contributed by atoms with van der Waals surface area (Å²) in [6.45, 7) is 2.52. The number of Topliss-reactive ketones (excluding diaryl/α,β-unsaturated/α-hetero) is 1. The van der Waals surface area contributed by atoms with E-state index < -0.39 is 40.5 Å². The average Bonchev–Trinajstić information content (AvgIpc) is 3.00. The molecule has 4 N–H and O–H groups in total. The number of nitrogens with two attached hydrogens (primary N) is 1. The van der Waals surface area contributed by atoms with Gasteiger partial charge in [0.1, 0.15) is 11.8 Å². The molecule has 2 rings (SSSR count). The Hall–Kier alpha value is -2.27. The number of amides is 1. The fraction of sp³-hybridized carbons (Fsp3) is 0.438. The van der Waals surface area contributed by atoms with E-state index in [-0.39, 0.29) is 28.0 Å². The summed E-state index contributed by atoms with van der Waals surface area (Å²) in [5, 5.41) is 11.8. The van der Waals surface area contributed by atoms with E-state index in [9.17, 15) is 32.7 Å². The molecule has 0 radical (unpaired) electrons. The van der Waals surface area contributed by atoms with E-state index in [2.05, 4.69) is 5.32 Å². The minimum absolute atomic E-state index is 0.0752. The van der Waals surface area contributed by atoms with Crippen LogP contribution in [0, 0.1) is 6.92 Å². The Morgan fingerprint density at radius 1 is 1.41 bits per heavy atom. The summed E-state index contributed by atoms with van der Waals surface area (Å²) in [6.07, 6.45) is -4.66. The van der Waals surface area contributed by atoms with Gasteiger partial charge in [-0.15, -0.1) is 11.8 Å². The fourth-order valence-electron chi connectivity index (χ4n) is 3.03. The van der Waals surface area contributed by atoms with E-state index >= 15 is 0 Å². The summed E-state index contributed by atoms with van der Waals surface area (Å²) < 4.78 is 44.5. The quantitative estimate of drug-likeness (QED) is 0.638. The zero-order chi connectivity index (χ0) is 20.7. The van der Waals surface area contributed by atoms with Crippen LogP contribution >= 0.6 is 11.8 Å². The topological polar surface area (TPSA) is 119 Å². The monoisotopic (exact) mass is 406 g/mol. The third kappa shape index (κ3) is 3.48. The largest absolute Gasteiger partial charge is 0.496 e. The van der Waals surface area contributed by atoms with Crippen LogP contribution in [0.5, 0.6) is 5.75 Å². The molecule has 1 aliphatic rings. The predicted octanol–water partition coefficient (Wildman–Crippen LogP) is 1.81. The van der Waals surface area contributed by atoms with Gasteiger partial charge in [-0.2, -0.15) is 13.2 Å². The van der Waals surface area contributed by atoms with Gasteiger partial charge in [-0.1, -0.05) is 0 Å². The first kappa shape index (κ1) is 21.0. The number of ketones is 1. The van der Waals surface area contributed by atoms with Gasteiger partial charge in [-0.05, 0) is 19.9 Å². The lowest BCUT2D eigenvalue weighted by Crippen LogP contribution is -2.50. The maximum absolute atomic E-state index is 13.1. The number of methoxy groups -OCH3 is 1. The first-order valence-corrected chi connectivity index (χ1v) is 8.60. The van der Waals surface area contributed by atoms with Gasteiger partial charge in [0.2, 0.25) is 5.91 Å². The molecule has 1 fully saturated rings. The van der Waals surface area contributed by atoms with Crippen LogP contribution in [0.15, 0.2) is 6.07 Å². The number of aliphatic carboxylic acids is 1. The van der Waals surface area contributed by atoms with E-state index in [1.54, 1.807) is 0 Å². The van der Waals surface area contributed by atoms with Crippen molar-refractivity contribution in [3.8, 4) is 5.75 Å². The number of hydrogen-bond acceptors (Lipinski definition) is 6. The predicted molar refractivity (Wildman–Crippen MR) is 91.0 cm³/mol. The van der Waals surface area contributed by atoms with Gasteiger partial charge in [-0.25, -0.2) is 4.79 Å². The van der Waals surface area contributed by atoms with Crippen molar-refractivity contribution in [3.63, 3.8) is 0 Å². The number of carbonyl (C=O) groups is 3. The Labute approximate surface area is 156 Å². The molecule has 1 aromatic rings. The third-order valence-electron chi connectivity index (χ3n) is 4.27. The molecule has 0 saturated carbocycles. The Bertz CT molecular complexity index is 827. The van der Waals surface area contributed by atoms with E-state index in [1.807, 2.05) is 0 Å². The van der Waals surface area contributed by atoms with Crippen LogP contribution in [-0.2, 0) is 9.67 Å². The fourth-order valence-corrected chi connectivity index (χ4v) is 4.37. The number of alkyl halides is 3. The van der Waals surface area contributed by atoms with Crippen molar-refractivity contribution in [2.45, 2.75) is 30.9 Å². The second-order valence-corrected chi connectivity index (χ2v) is 7.20. The number of halogens is 3. The number of thioether (sulfide) groups is 1. The number of ether oxygens (including phenoxy) is 1. The zero-order valence-electron chi connectivity index (χ0n) is 14.6. The number of carbonyl (C=O) groups excluding carboxylic acids is 2. The van der Waals surface area contributed by atoms with Gasteiger partial charge in [-0.3, -0.25) is 14.9 Å². The number of nitrogens with one attached hydrogen (secondary N) is 1. The summed E-state index contributed by atoms with van der Waals surface area (Å²) in [5.74, 6) is -3.79. The SMILES string of the molecule is COc1c(C2(C(=O)O)NC(C(F)(F)F)CS2)cc(C(C)=O)c(C(N)=O)c1C. The number of benzene rings is 1.